The molecule has 148 valence electrons. The topological polar surface area (TPSA) is 64.4 Å². The van der Waals surface area contributed by atoms with Crippen molar-refractivity contribution in [3.8, 4) is 0 Å². The molecule has 2 heterocycles. The average molecular weight is 392 g/mol. The first kappa shape index (κ1) is 20.0. The highest BCUT2D eigenvalue weighted by molar-refractivity contribution is 7.18. The van der Waals surface area contributed by atoms with E-state index in [0.717, 1.165) is 42.5 Å². The molecule has 0 bridgehead atoms. The second-order valence-corrected chi connectivity index (χ2v) is 8.61. The van der Waals surface area contributed by atoms with E-state index >= 15 is 0 Å². The lowest BCUT2D eigenvalue weighted by Crippen LogP contribution is -2.34. The first-order valence-electron chi connectivity index (χ1n) is 9.81. The fourth-order valence-electron chi connectivity index (χ4n) is 3.60. The highest BCUT2D eigenvalue weighted by atomic mass is 32.1. The van der Waals surface area contributed by atoms with Crippen LogP contribution in [0.5, 0.6) is 0 Å². The van der Waals surface area contributed by atoms with Crippen molar-refractivity contribution in [2.24, 2.45) is 0 Å². The number of thiophene rings is 1. The Morgan fingerprint density at radius 3 is 2.78 bits per heavy atom. The molecule has 6 nitrogen and oxygen atoms in total. The molecular weight excluding hydrogens is 362 g/mol. The largest absolute Gasteiger partial charge is 0.464 e. The number of carbonyl (C=O) groups excluding carboxylic acids is 1. The third-order valence-electron chi connectivity index (χ3n) is 5.02. The minimum absolute atomic E-state index is 0.101. The van der Waals surface area contributed by atoms with Gasteiger partial charge in [0.25, 0.3) is 5.56 Å². The van der Waals surface area contributed by atoms with Gasteiger partial charge < -0.3 is 9.64 Å². The molecule has 0 radical (unpaired) electrons. The van der Waals surface area contributed by atoms with Crippen LogP contribution in [-0.4, -0.2) is 41.1 Å². The van der Waals surface area contributed by atoms with Gasteiger partial charge in [0.15, 0.2) is 0 Å². The summed E-state index contributed by atoms with van der Waals surface area (Å²) in [5.74, 6) is 0.256. The average Bonchev–Trinajstić information content (AvgIpc) is 2.99. The molecule has 0 fully saturated rings. The molecule has 27 heavy (non-hydrogen) atoms. The minimum Gasteiger partial charge on any atom is -0.464 e. The van der Waals surface area contributed by atoms with Crippen molar-refractivity contribution in [1.29, 1.82) is 0 Å². The van der Waals surface area contributed by atoms with Gasteiger partial charge in [0.2, 0.25) is 0 Å². The van der Waals surface area contributed by atoms with Gasteiger partial charge in [0.1, 0.15) is 16.7 Å². The summed E-state index contributed by atoms with van der Waals surface area (Å²) < 4.78 is 6.94. The molecule has 1 unspecified atom stereocenters. The molecule has 0 aromatic carbocycles. The monoisotopic (exact) mass is 391 g/mol. The lowest BCUT2D eigenvalue weighted by Gasteiger charge is -2.20. The smallest absolute Gasteiger partial charge is 0.329 e. The maximum atomic E-state index is 13.4. The quantitative estimate of drug-likeness (QED) is 0.535. The molecule has 1 aliphatic rings. The van der Waals surface area contributed by atoms with Gasteiger partial charge in [-0.05, 0) is 58.7 Å². The van der Waals surface area contributed by atoms with Crippen LogP contribution in [0.1, 0.15) is 61.8 Å². The summed E-state index contributed by atoms with van der Waals surface area (Å²) in [6.07, 6.45) is 6.00. The number of nitrogens with zero attached hydrogens (tertiary/aromatic N) is 3. The van der Waals surface area contributed by atoms with Gasteiger partial charge >= 0.3 is 5.97 Å². The summed E-state index contributed by atoms with van der Waals surface area (Å²) >= 11 is 1.64. The summed E-state index contributed by atoms with van der Waals surface area (Å²) in [6, 6.07) is -0.680. The number of hydrogen-bond donors (Lipinski definition) is 0. The molecule has 0 amide bonds. The van der Waals surface area contributed by atoms with Crippen LogP contribution < -0.4 is 5.56 Å². The highest BCUT2D eigenvalue weighted by Crippen LogP contribution is 2.34. The number of esters is 1. The van der Waals surface area contributed by atoms with E-state index < -0.39 is 6.04 Å². The van der Waals surface area contributed by atoms with Crippen molar-refractivity contribution in [2.45, 2.75) is 65.0 Å². The lowest BCUT2D eigenvalue weighted by atomic mass is 9.97. The van der Waals surface area contributed by atoms with Crippen LogP contribution >= 0.6 is 11.3 Å². The predicted octanol–water partition coefficient (Wildman–Crippen LogP) is 3.30. The maximum absolute atomic E-state index is 13.4. The second-order valence-electron chi connectivity index (χ2n) is 7.53. The van der Waals surface area contributed by atoms with E-state index in [1.165, 1.54) is 11.3 Å². The van der Waals surface area contributed by atoms with Gasteiger partial charge in [-0.2, -0.15) is 0 Å². The number of aromatic nitrogens is 2. The summed E-state index contributed by atoms with van der Waals surface area (Å²) in [6.45, 7) is 4.68. The van der Waals surface area contributed by atoms with Crippen molar-refractivity contribution in [3.05, 3.63) is 26.6 Å². The zero-order valence-corrected chi connectivity index (χ0v) is 17.5. The van der Waals surface area contributed by atoms with E-state index in [9.17, 15) is 9.59 Å². The number of fused-ring (bicyclic) bond motifs is 3. The summed E-state index contributed by atoms with van der Waals surface area (Å²) in [7, 11) is 3.87. The molecule has 0 spiro atoms. The normalized spacial score (nSPS) is 15.1. The first-order chi connectivity index (χ1) is 12.9. The number of ether oxygens (including phenoxy) is 1. The Kier molecular flexibility index (Phi) is 6.32. The second kappa shape index (κ2) is 8.52. The fourth-order valence-corrected chi connectivity index (χ4v) is 4.87. The van der Waals surface area contributed by atoms with Crippen LogP contribution in [-0.2, 0) is 28.9 Å². The Bertz CT molecular complexity index is 885. The molecule has 2 aromatic heterocycles. The van der Waals surface area contributed by atoms with Crippen molar-refractivity contribution < 1.29 is 9.53 Å². The van der Waals surface area contributed by atoms with E-state index in [4.69, 9.17) is 9.72 Å². The molecule has 1 atom stereocenters. The van der Waals surface area contributed by atoms with E-state index in [0.29, 0.717) is 24.4 Å². The number of hydrogen-bond acceptors (Lipinski definition) is 6. The van der Waals surface area contributed by atoms with E-state index in [1.54, 1.807) is 22.8 Å². The van der Waals surface area contributed by atoms with Crippen LogP contribution in [0.15, 0.2) is 4.79 Å². The van der Waals surface area contributed by atoms with Gasteiger partial charge in [-0.3, -0.25) is 9.36 Å². The van der Waals surface area contributed by atoms with Crippen LogP contribution in [0.3, 0.4) is 0 Å². The summed E-state index contributed by atoms with van der Waals surface area (Å²) in [5.41, 5.74) is 1.05. The number of aryl methyl sites for hydroxylation is 2. The van der Waals surface area contributed by atoms with Gasteiger partial charge in [-0.1, -0.05) is 13.3 Å². The van der Waals surface area contributed by atoms with Crippen LogP contribution in [0.25, 0.3) is 10.2 Å². The molecular formula is C20H29N3O3S. The number of unbranched alkanes of at least 4 members (excludes halogenated alkanes) is 1. The van der Waals surface area contributed by atoms with E-state index in [1.807, 2.05) is 19.0 Å². The Hall–Kier alpha value is -1.73. The van der Waals surface area contributed by atoms with Gasteiger partial charge in [0, 0.05) is 4.88 Å². The first-order valence-corrected chi connectivity index (χ1v) is 10.6. The molecule has 2 aromatic rings. The Balaban J connectivity index is 2.09. The minimum atomic E-state index is -0.680. The Labute approximate surface area is 164 Å². The Morgan fingerprint density at radius 1 is 1.33 bits per heavy atom. The zero-order chi connectivity index (χ0) is 19.6. The maximum Gasteiger partial charge on any atom is 0.329 e. The van der Waals surface area contributed by atoms with Crippen LogP contribution in [0, 0.1) is 0 Å². The molecule has 7 heteroatoms. The van der Waals surface area contributed by atoms with Crippen molar-refractivity contribution in [2.75, 3.05) is 20.7 Å². The molecule has 0 N–H and O–H groups in total. The van der Waals surface area contributed by atoms with Gasteiger partial charge in [0.05, 0.1) is 18.5 Å². The summed E-state index contributed by atoms with van der Waals surface area (Å²) in [4.78, 5) is 34.9. The molecule has 1 aliphatic carbocycles. The lowest BCUT2D eigenvalue weighted by molar-refractivity contribution is -0.147. The number of carbonyl (C=O) groups is 1. The molecule has 3 rings (SSSR count). The highest BCUT2D eigenvalue weighted by Gasteiger charge is 2.27. The third-order valence-corrected chi connectivity index (χ3v) is 6.21. The number of rotatable bonds is 7. The SMILES string of the molecule is CCCCOC(=O)C(C)n1c(CN(C)C)nc2sc3c(c2c1=O)CCCC3. The van der Waals surface area contributed by atoms with Crippen LogP contribution in [0.2, 0.25) is 0 Å². The fraction of sp³-hybridized carbons (Fsp3) is 0.650. The molecule has 0 saturated heterocycles. The summed E-state index contributed by atoms with van der Waals surface area (Å²) in [5, 5.41) is 0.713. The van der Waals surface area contributed by atoms with E-state index in [-0.39, 0.29) is 11.5 Å². The van der Waals surface area contributed by atoms with Crippen molar-refractivity contribution in [1.82, 2.24) is 14.5 Å². The third kappa shape index (κ3) is 4.09. The predicted molar refractivity (Wildman–Crippen MR) is 108 cm³/mol. The van der Waals surface area contributed by atoms with Crippen molar-refractivity contribution >= 4 is 27.5 Å². The van der Waals surface area contributed by atoms with Crippen LogP contribution in [0.4, 0.5) is 0 Å². The standard InChI is InChI=1S/C20H29N3O3S/c1-5-6-11-26-20(25)13(2)23-16(12-22(3)4)21-18-17(19(23)24)14-9-7-8-10-15(14)27-18/h13H,5-12H2,1-4H3. The molecule has 0 aliphatic heterocycles. The van der Waals surface area contributed by atoms with Crippen molar-refractivity contribution in [3.63, 3.8) is 0 Å². The van der Waals surface area contributed by atoms with Gasteiger partial charge in [-0.25, -0.2) is 9.78 Å². The van der Waals surface area contributed by atoms with E-state index in [2.05, 4.69) is 6.92 Å². The zero-order valence-electron chi connectivity index (χ0n) is 16.7. The van der Waals surface area contributed by atoms with Gasteiger partial charge in [-0.15, -0.1) is 11.3 Å². The molecule has 0 saturated carbocycles. The Morgan fingerprint density at radius 2 is 2.07 bits per heavy atom.